The van der Waals surface area contributed by atoms with Gasteiger partial charge < -0.3 is 19.8 Å². The molecule has 10 heteroatoms. The van der Waals surface area contributed by atoms with E-state index in [1.165, 1.54) is 22.7 Å². The van der Waals surface area contributed by atoms with E-state index in [-0.39, 0.29) is 17.8 Å². The van der Waals surface area contributed by atoms with Crippen LogP contribution < -0.4 is 9.47 Å². The maximum absolute atomic E-state index is 14.5. The first-order chi connectivity index (χ1) is 19.3. The topological polar surface area (TPSA) is 123 Å². The van der Waals surface area contributed by atoms with Crippen LogP contribution in [0.25, 0.3) is 21.9 Å². The maximum Gasteiger partial charge on any atom is 0.336 e. The number of hydrogen-bond donors (Lipinski definition) is 0. The van der Waals surface area contributed by atoms with Gasteiger partial charge in [0.2, 0.25) is 11.6 Å². The molecule has 1 aromatic heterocycles. The zero-order chi connectivity index (χ0) is 29.0. The number of nitriles is 1. The van der Waals surface area contributed by atoms with Crippen molar-refractivity contribution in [3.63, 3.8) is 0 Å². The van der Waals surface area contributed by atoms with E-state index in [0.29, 0.717) is 10.2 Å². The minimum absolute atomic E-state index is 0.0341. The summed E-state index contributed by atoms with van der Waals surface area (Å²) in [6, 6.07) is 16.0. The van der Waals surface area contributed by atoms with Gasteiger partial charge in [0, 0.05) is 28.2 Å². The predicted molar refractivity (Wildman–Crippen MR) is 152 cm³/mol. The number of rotatable bonds is 8. The molecule has 3 aromatic rings. The summed E-state index contributed by atoms with van der Waals surface area (Å²) in [5, 5.41) is 22.1. The summed E-state index contributed by atoms with van der Waals surface area (Å²) in [4.78, 5) is 42.4. The van der Waals surface area contributed by atoms with E-state index in [4.69, 9.17) is 9.47 Å². The highest BCUT2D eigenvalue weighted by Gasteiger charge is 2.64. The van der Waals surface area contributed by atoms with Crippen molar-refractivity contribution in [3.05, 3.63) is 101 Å². The zero-order valence-corrected chi connectivity index (χ0v) is 23.2. The molecule has 0 aliphatic carbocycles. The van der Waals surface area contributed by atoms with Gasteiger partial charge in [-0.2, -0.15) is 9.83 Å². The lowest BCUT2D eigenvalue weighted by Gasteiger charge is -2.33. The number of nitrogens with zero attached hydrogens (tertiary/aromatic N) is 4. The van der Waals surface area contributed by atoms with Gasteiger partial charge >= 0.3 is 11.9 Å². The average Bonchev–Trinajstić information content (AvgIpc) is 3.20. The Labute approximate surface area is 238 Å². The van der Waals surface area contributed by atoms with Crippen LogP contribution in [0.4, 0.5) is 5.69 Å². The summed E-state index contributed by atoms with van der Waals surface area (Å²) >= 11 is 3.42. The Balaban J connectivity index is 2.18. The van der Waals surface area contributed by atoms with Crippen molar-refractivity contribution in [2.75, 3.05) is 25.7 Å². The van der Waals surface area contributed by atoms with Crippen LogP contribution >= 0.6 is 15.9 Å². The quantitative estimate of drug-likeness (QED) is 0.0969. The number of aromatic nitrogens is 1. The summed E-state index contributed by atoms with van der Waals surface area (Å²) in [7, 11) is 2.30. The van der Waals surface area contributed by atoms with Crippen molar-refractivity contribution in [2.24, 2.45) is 5.92 Å². The second kappa shape index (κ2) is 11.5. The minimum Gasteiger partial charge on any atom is -0.762 e. The van der Waals surface area contributed by atoms with Crippen molar-refractivity contribution < 1.29 is 28.4 Å². The smallest absolute Gasteiger partial charge is 0.336 e. The normalized spacial score (nSPS) is 16.9. The van der Waals surface area contributed by atoms with Gasteiger partial charge in [-0.3, -0.25) is 15.5 Å². The molecule has 4 rings (SSSR count). The summed E-state index contributed by atoms with van der Waals surface area (Å²) in [5.74, 6) is -2.29. The van der Waals surface area contributed by atoms with E-state index in [1.807, 2.05) is 36.2 Å². The van der Waals surface area contributed by atoms with Crippen LogP contribution in [0, 0.1) is 17.2 Å². The number of fused-ring (bicyclic) bond motifs is 2. The third-order valence-corrected chi connectivity index (χ3v) is 7.30. The molecule has 1 amide bonds. The lowest BCUT2D eigenvalue weighted by atomic mass is 9.65. The number of methoxy groups -OCH3 is 2. The fourth-order valence-corrected chi connectivity index (χ4v) is 5.45. The van der Waals surface area contributed by atoms with E-state index >= 15 is 0 Å². The van der Waals surface area contributed by atoms with Gasteiger partial charge in [0.15, 0.2) is 18.3 Å². The lowest BCUT2D eigenvalue weighted by molar-refractivity contribution is -0.584. The highest BCUT2D eigenvalue weighted by atomic mass is 79.9. The molecule has 0 N–H and O–H groups in total. The summed E-state index contributed by atoms with van der Waals surface area (Å²) in [5.41, 5.74) is -2.16. The molecule has 0 fully saturated rings. The van der Waals surface area contributed by atoms with Crippen LogP contribution in [0.1, 0.15) is 5.56 Å². The molecule has 0 saturated heterocycles. The first-order valence-electron chi connectivity index (χ1n) is 12.0. The number of esters is 2. The number of anilines is 1. The highest BCUT2D eigenvalue weighted by molar-refractivity contribution is 9.10. The first-order valence-corrected chi connectivity index (χ1v) is 12.8. The van der Waals surface area contributed by atoms with Crippen molar-refractivity contribution >= 4 is 61.8 Å². The summed E-state index contributed by atoms with van der Waals surface area (Å²) in [6.45, 7) is 3.77. The van der Waals surface area contributed by atoms with E-state index < -0.39 is 34.8 Å². The van der Waals surface area contributed by atoms with Crippen LogP contribution in [0.3, 0.4) is 0 Å². The Morgan fingerprint density at radius 1 is 1.20 bits per heavy atom. The van der Waals surface area contributed by atoms with Gasteiger partial charge in [-0.1, -0.05) is 40.2 Å². The summed E-state index contributed by atoms with van der Waals surface area (Å²) < 4.78 is 12.1. The Hall–Kier alpha value is -4.84. The van der Waals surface area contributed by atoms with E-state index in [1.54, 1.807) is 36.7 Å². The third-order valence-electron chi connectivity index (χ3n) is 6.81. The standard InChI is InChI=1S/C30H23BrN4O5/c1-4-12-35-24-10-9-22(31)14-23(24)30(29(35)38,21(16-32)17-33)27(28(37)40-3)25(15-26(36)39-2)34-13-11-19-7-5-6-8-20(19)18-34/h4-11,13-15,18,27H,1,12H2,2-3H3/b25-15+/t27?,30-/m1/s1. The van der Waals surface area contributed by atoms with Crippen LogP contribution in [0.15, 0.2) is 89.7 Å². The van der Waals surface area contributed by atoms with E-state index in [9.17, 15) is 25.1 Å². The number of ether oxygens (including phenoxy) is 2. The Kier molecular flexibility index (Phi) is 8.10. The molecule has 1 aliphatic heterocycles. The molecule has 1 aliphatic rings. The van der Waals surface area contributed by atoms with Gasteiger partial charge in [-0.05, 0) is 35.2 Å². The molecule has 200 valence electrons. The molecule has 0 spiro atoms. The second-order valence-corrected chi connectivity index (χ2v) is 9.72. The SMILES string of the molecule is C=CCN1C(=O)[C@@](C(=C=[N-])C#N)(C(C(=O)OC)/C(=C\C(=O)OC)[n+]2ccc3ccccc3c2)c2cc(Br)ccc21. The lowest BCUT2D eigenvalue weighted by Crippen LogP contribution is -2.54. The Morgan fingerprint density at radius 2 is 1.93 bits per heavy atom. The van der Waals surface area contributed by atoms with Crippen molar-refractivity contribution in [1.29, 1.82) is 5.26 Å². The minimum atomic E-state index is -2.18. The Morgan fingerprint density at radius 3 is 2.55 bits per heavy atom. The molecule has 2 aromatic carbocycles. The molecule has 0 saturated carbocycles. The molecular weight excluding hydrogens is 576 g/mol. The van der Waals surface area contributed by atoms with Gasteiger partial charge in [0.1, 0.15) is 11.5 Å². The van der Waals surface area contributed by atoms with Crippen LogP contribution in [0.2, 0.25) is 0 Å². The molecular formula is C30H23BrN4O5. The molecule has 2 atom stereocenters. The largest absolute Gasteiger partial charge is 0.762 e. The second-order valence-electron chi connectivity index (χ2n) is 8.80. The fraction of sp³-hybridized carbons (Fsp3) is 0.167. The number of amides is 1. The number of carbonyl (C=O) groups is 3. The highest BCUT2D eigenvalue weighted by Crippen LogP contribution is 2.53. The molecule has 1 unspecified atom stereocenters. The maximum atomic E-state index is 14.5. The zero-order valence-electron chi connectivity index (χ0n) is 21.6. The molecule has 2 heterocycles. The number of pyridine rings is 1. The van der Waals surface area contributed by atoms with Crippen LogP contribution in [0.5, 0.6) is 0 Å². The number of carbonyl (C=O) groups excluding carboxylic acids is 3. The number of hydrogen-bond acceptors (Lipinski definition) is 6. The molecule has 9 nitrogen and oxygen atoms in total. The Bertz CT molecular complexity index is 1680. The van der Waals surface area contributed by atoms with Crippen LogP contribution in [-0.2, 0) is 29.3 Å². The van der Waals surface area contributed by atoms with Gasteiger partial charge in [-0.25, -0.2) is 4.79 Å². The van der Waals surface area contributed by atoms with Crippen molar-refractivity contribution in [1.82, 2.24) is 0 Å². The van der Waals surface area contributed by atoms with E-state index in [2.05, 4.69) is 22.5 Å². The van der Waals surface area contributed by atoms with Gasteiger partial charge in [-0.15, -0.1) is 6.58 Å². The third kappa shape index (κ3) is 4.51. The molecule has 40 heavy (non-hydrogen) atoms. The van der Waals surface area contributed by atoms with E-state index in [0.717, 1.165) is 24.0 Å². The fourth-order valence-electron chi connectivity index (χ4n) is 5.09. The monoisotopic (exact) mass is 598 g/mol. The number of halogens is 1. The predicted octanol–water partition coefficient (Wildman–Crippen LogP) is 3.85. The van der Waals surface area contributed by atoms with Crippen LogP contribution in [-0.4, -0.2) is 44.5 Å². The van der Waals surface area contributed by atoms with Gasteiger partial charge in [0.05, 0.1) is 25.9 Å². The first kappa shape index (κ1) is 28.2. The van der Waals surface area contributed by atoms with Gasteiger partial charge in [0.25, 0.3) is 0 Å². The van der Waals surface area contributed by atoms with Crippen molar-refractivity contribution in [3.8, 4) is 6.07 Å². The van der Waals surface area contributed by atoms with Crippen molar-refractivity contribution in [2.45, 2.75) is 5.41 Å². The molecule has 0 radical (unpaired) electrons. The molecule has 0 bridgehead atoms. The summed E-state index contributed by atoms with van der Waals surface area (Å²) in [6.07, 6.45) is 5.84. The number of benzene rings is 2. The average molecular weight is 599 g/mol.